The van der Waals surface area contributed by atoms with Gasteiger partial charge in [0.2, 0.25) is 0 Å². The van der Waals surface area contributed by atoms with Gasteiger partial charge < -0.3 is 19.9 Å². The maximum Gasteiger partial charge on any atom is 0.329 e. The second kappa shape index (κ2) is 9.44. The molecule has 2 amide bonds. The summed E-state index contributed by atoms with van der Waals surface area (Å²) in [6, 6.07) is 9.17. The van der Waals surface area contributed by atoms with Crippen molar-refractivity contribution in [1.29, 1.82) is 0 Å². The molecule has 0 radical (unpaired) electrons. The Morgan fingerprint density at radius 1 is 1.19 bits per heavy atom. The van der Waals surface area contributed by atoms with Crippen LogP contribution in [0, 0.1) is 0 Å². The Bertz CT molecular complexity index is 870. The molecule has 0 aromatic heterocycles. The third-order valence-corrected chi connectivity index (χ3v) is 3.51. The highest BCUT2D eigenvalue weighted by molar-refractivity contribution is 6.40. The number of aromatic hydroxyl groups is 1. The summed E-state index contributed by atoms with van der Waals surface area (Å²) in [5.41, 5.74) is 2.93. The zero-order valence-corrected chi connectivity index (χ0v) is 15.4. The normalized spacial score (nSPS) is 10.5. The van der Waals surface area contributed by atoms with E-state index in [9.17, 15) is 14.7 Å². The summed E-state index contributed by atoms with van der Waals surface area (Å²) in [5, 5.41) is 16.1. The molecule has 2 aromatic carbocycles. The Morgan fingerprint density at radius 3 is 2.67 bits per heavy atom. The lowest BCUT2D eigenvalue weighted by Crippen LogP contribution is -2.32. The zero-order chi connectivity index (χ0) is 19.8. The topological polar surface area (TPSA) is 109 Å². The van der Waals surface area contributed by atoms with Crippen LogP contribution in [0.4, 0.5) is 5.69 Å². The number of hydrazone groups is 1. The molecule has 27 heavy (non-hydrogen) atoms. The average Bonchev–Trinajstić information content (AvgIpc) is 2.64. The first kappa shape index (κ1) is 20.1. The van der Waals surface area contributed by atoms with Gasteiger partial charge in [0.05, 0.1) is 25.6 Å². The van der Waals surface area contributed by atoms with Crippen LogP contribution in [0.15, 0.2) is 41.5 Å². The number of rotatable bonds is 6. The van der Waals surface area contributed by atoms with Crippen LogP contribution in [-0.4, -0.2) is 36.9 Å². The van der Waals surface area contributed by atoms with Crippen LogP contribution in [0.3, 0.4) is 0 Å². The SMILES string of the molecule is CCOc1cc(/C=N\NC(=O)C(=O)Nc2cc(Cl)ccc2OC)ccc1O. The van der Waals surface area contributed by atoms with Gasteiger partial charge in [-0.3, -0.25) is 9.59 Å². The number of nitrogens with one attached hydrogen (secondary N) is 2. The van der Waals surface area contributed by atoms with Gasteiger partial charge in [0.15, 0.2) is 11.5 Å². The highest BCUT2D eigenvalue weighted by Gasteiger charge is 2.15. The van der Waals surface area contributed by atoms with E-state index >= 15 is 0 Å². The summed E-state index contributed by atoms with van der Waals surface area (Å²) in [6.07, 6.45) is 1.31. The quantitative estimate of drug-likeness (QED) is 0.398. The molecule has 0 spiro atoms. The molecule has 0 aliphatic carbocycles. The second-order valence-corrected chi connectivity index (χ2v) is 5.59. The van der Waals surface area contributed by atoms with E-state index in [-0.39, 0.29) is 11.4 Å². The molecule has 0 bridgehead atoms. The van der Waals surface area contributed by atoms with Gasteiger partial charge >= 0.3 is 11.8 Å². The number of hydrogen-bond acceptors (Lipinski definition) is 6. The number of nitrogens with zero attached hydrogens (tertiary/aromatic N) is 1. The Hall–Kier alpha value is -3.26. The van der Waals surface area contributed by atoms with Crippen LogP contribution in [-0.2, 0) is 9.59 Å². The van der Waals surface area contributed by atoms with Crippen LogP contribution < -0.4 is 20.2 Å². The predicted molar refractivity (Wildman–Crippen MR) is 102 cm³/mol. The Balaban J connectivity index is 1.99. The van der Waals surface area contributed by atoms with E-state index in [1.807, 2.05) is 0 Å². The van der Waals surface area contributed by atoms with Gasteiger partial charge in [-0.2, -0.15) is 5.10 Å². The van der Waals surface area contributed by atoms with Crippen LogP contribution in [0.5, 0.6) is 17.2 Å². The summed E-state index contributed by atoms with van der Waals surface area (Å²) >= 11 is 5.88. The standard InChI is InChI=1S/C18H18ClN3O5/c1-3-27-16-8-11(4-6-14(16)23)10-20-22-18(25)17(24)21-13-9-12(19)5-7-15(13)26-2/h4-10,23H,3H2,1-2H3,(H,21,24)(H,22,25)/b20-10-. The van der Waals surface area contributed by atoms with Crippen molar-refractivity contribution in [1.82, 2.24) is 5.43 Å². The summed E-state index contributed by atoms with van der Waals surface area (Å²) in [5.74, 6) is -1.27. The van der Waals surface area contributed by atoms with Crippen molar-refractivity contribution in [2.24, 2.45) is 5.10 Å². The lowest BCUT2D eigenvalue weighted by molar-refractivity contribution is -0.136. The Morgan fingerprint density at radius 2 is 1.96 bits per heavy atom. The molecule has 0 heterocycles. The van der Waals surface area contributed by atoms with E-state index in [1.54, 1.807) is 31.2 Å². The number of ether oxygens (including phenoxy) is 2. The molecule has 0 aliphatic rings. The molecule has 9 heteroatoms. The maximum absolute atomic E-state index is 12.0. The third-order valence-electron chi connectivity index (χ3n) is 3.28. The summed E-state index contributed by atoms with van der Waals surface area (Å²) in [7, 11) is 1.43. The molecule has 0 aliphatic heterocycles. The molecular weight excluding hydrogens is 374 g/mol. The number of amides is 2. The second-order valence-electron chi connectivity index (χ2n) is 5.16. The fourth-order valence-corrected chi connectivity index (χ4v) is 2.23. The molecular formula is C18H18ClN3O5. The first-order valence-corrected chi connectivity index (χ1v) is 8.26. The van der Waals surface area contributed by atoms with E-state index in [4.69, 9.17) is 21.1 Å². The van der Waals surface area contributed by atoms with Crippen molar-refractivity contribution >= 4 is 35.3 Å². The largest absolute Gasteiger partial charge is 0.504 e. The van der Waals surface area contributed by atoms with Gasteiger partial charge in [0.1, 0.15) is 5.75 Å². The van der Waals surface area contributed by atoms with Gasteiger partial charge in [0, 0.05) is 5.02 Å². The number of phenolic OH excluding ortho intramolecular Hbond substituents is 1. The van der Waals surface area contributed by atoms with Crippen LogP contribution in [0.25, 0.3) is 0 Å². The molecule has 0 fully saturated rings. The van der Waals surface area contributed by atoms with E-state index in [1.165, 1.54) is 25.5 Å². The minimum Gasteiger partial charge on any atom is -0.504 e. The molecule has 0 saturated carbocycles. The van der Waals surface area contributed by atoms with Crippen molar-refractivity contribution in [3.8, 4) is 17.2 Å². The molecule has 2 aromatic rings. The number of anilines is 1. The maximum atomic E-state index is 12.0. The van der Waals surface area contributed by atoms with Crippen LogP contribution >= 0.6 is 11.6 Å². The number of methoxy groups -OCH3 is 1. The Labute approximate surface area is 160 Å². The number of carbonyl (C=O) groups is 2. The highest BCUT2D eigenvalue weighted by atomic mass is 35.5. The minimum atomic E-state index is -0.975. The van der Waals surface area contributed by atoms with Crippen LogP contribution in [0.2, 0.25) is 5.02 Å². The summed E-state index contributed by atoms with van der Waals surface area (Å²) in [4.78, 5) is 23.8. The first-order valence-electron chi connectivity index (χ1n) is 7.88. The lowest BCUT2D eigenvalue weighted by atomic mass is 10.2. The van der Waals surface area contributed by atoms with Crippen molar-refractivity contribution in [3.05, 3.63) is 47.0 Å². The predicted octanol–water partition coefficient (Wildman–Crippen LogP) is 2.54. The number of carbonyl (C=O) groups excluding carboxylic acids is 2. The van der Waals surface area contributed by atoms with Crippen LogP contribution in [0.1, 0.15) is 12.5 Å². The summed E-state index contributed by atoms with van der Waals surface area (Å²) in [6.45, 7) is 2.17. The van der Waals surface area contributed by atoms with Crippen molar-refractivity contribution in [3.63, 3.8) is 0 Å². The average molecular weight is 392 g/mol. The van der Waals surface area contributed by atoms with Gasteiger partial charge in [-0.25, -0.2) is 5.43 Å². The number of phenols is 1. The van der Waals surface area contributed by atoms with Gasteiger partial charge in [-0.1, -0.05) is 11.6 Å². The van der Waals surface area contributed by atoms with E-state index in [0.29, 0.717) is 28.7 Å². The molecule has 2 rings (SSSR count). The molecule has 0 unspecified atom stereocenters. The smallest absolute Gasteiger partial charge is 0.329 e. The molecule has 3 N–H and O–H groups in total. The van der Waals surface area contributed by atoms with E-state index in [0.717, 1.165) is 0 Å². The van der Waals surface area contributed by atoms with E-state index < -0.39 is 11.8 Å². The van der Waals surface area contributed by atoms with Crippen molar-refractivity contribution < 1.29 is 24.2 Å². The number of benzene rings is 2. The molecule has 0 atom stereocenters. The lowest BCUT2D eigenvalue weighted by Gasteiger charge is -2.09. The number of halogens is 1. The molecule has 0 saturated heterocycles. The van der Waals surface area contributed by atoms with Crippen molar-refractivity contribution in [2.75, 3.05) is 19.0 Å². The first-order chi connectivity index (χ1) is 12.9. The summed E-state index contributed by atoms with van der Waals surface area (Å²) < 4.78 is 10.3. The zero-order valence-electron chi connectivity index (χ0n) is 14.7. The van der Waals surface area contributed by atoms with Gasteiger partial charge in [-0.15, -0.1) is 0 Å². The fraction of sp³-hybridized carbons (Fsp3) is 0.167. The number of hydrogen-bond donors (Lipinski definition) is 3. The molecule has 8 nitrogen and oxygen atoms in total. The van der Waals surface area contributed by atoms with Crippen molar-refractivity contribution in [2.45, 2.75) is 6.92 Å². The third kappa shape index (κ3) is 5.61. The Kier molecular flexibility index (Phi) is 7.01. The minimum absolute atomic E-state index is 0.00659. The monoisotopic (exact) mass is 391 g/mol. The fourth-order valence-electron chi connectivity index (χ4n) is 2.06. The van der Waals surface area contributed by atoms with E-state index in [2.05, 4.69) is 15.8 Å². The van der Waals surface area contributed by atoms with Gasteiger partial charge in [0.25, 0.3) is 0 Å². The molecule has 142 valence electrons. The highest BCUT2D eigenvalue weighted by Crippen LogP contribution is 2.27. The van der Waals surface area contributed by atoms with Gasteiger partial charge in [-0.05, 0) is 48.9 Å².